The number of hydrogen-bond acceptors (Lipinski definition) is 1. The summed E-state index contributed by atoms with van der Waals surface area (Å²) in [5, 5.41) is 4.95. The SMILES string of the molecule is c1ccc(N(c2ccccc2)c2ccc3c(ccc4cc(-c5ccc6c(c5)C5(c7ccccc7-6)c6ccccc6C(c6ccccc6)(c6ccccc6)c6ccccc65)ccc43)c2)cc1. The predicted octanol–water partition coefficient (Wildman–Crippen LogP) is 16.2. The predicted molar refractivity (Wildman–Crippen MR) is 271 cm³/mol. The zero-order chi connectivity index (χ0) is 43.0. The molecule has 13 rings (SSSR count). The molecule has 65 heavy (non-hydrogen) atoms. The molecule has 2 aliphatic carbocycles. The van der Waals surface area contributed by atoms with Gasteiger partial charge in [-0.1, -0.05) is 212 Å². The average molecular weight is 826 g/mol. The van der Waals surface area contributed by atoms with Gasteiger partial charge in [-0.05, 0) is 137 Å². The third-order valence-corrected chi connectivity index (χ3v) is 14.4. The van der Waals surface area contributed by atoms with Crippen molar-refractivity contribution in [3.05, 3.63) is 305 Å². The second kappa shape index (κ2) is 14.7. The Kier molecular flexibility index (Phi) is 8.41. The van der Waals surface area contributed by atoms with E-state index in [0.29, 0.717) is 0 Å². The van der Waals surface area contributed by atoms with E-state index in [-0.39, 0.29) is 0 Å². The van der Waals surface area contributed by atoms with Gasteiger partial charge >= 0.3 is 0 Å². The van der Waals surface area contributed by atoms with E-state index in [0.717, 1.165) is 17.1 Å². The van der Waals surface area contributed by atoms with Crippen LogP contribution >= 0.6 is 0 Å². The summed E-state index contributed by atoms with van der Waals surface area (Å²) in [4.78, 5) is 2.33. The second-order valence-electron chi connectivity index (χ2n) is 17.5. The van der Waals surface area contributed by atoms with Crippen LogP contribution in [-0.2, 0) is 10.8 Å². The van der Waals surface area contributed by atoms with E-state index in [1.807, 2.05) is 0 Å². The van der Waals surface area contributed by atoms with Gasteiger partial charge in [0.15, 0.2) is 0 Å². The topological polar surface area (TPSA) is 3.24 Å². The molecule has 11 aromatic carbocycles. The summed E-state index contributed by atoms with van der Waals surface area (Å²) in [5.41, 5.74) is 17.9. The minimum Gasteiger partial charge on any atom is -0.310 e. The smallest absolute Gasteiger partial charge is 0.0720 e. The molecule has 304 valence electrons. The molecule has 0 amide bonds. The van der Waals surface area contributed by atoms with Gasteiger partial charge < -0.3 is 4.90 Å². The maximum Gasteiger partial charge on any atom is 0.0720 e. The molecule has 0 unspecified atom stereocenters. The number of rotatable bonds is 6. The molecule has 1 nitrogen and oxygen atoms in total. The number of anilines is 3. The van der Waals surface area contributed by atoms with Crippen LogP contribution in [0.15, 0.2) is 261 Å². The van der Waals surface area contributed by atoms with E-state index in [9.17, 15) is 0 Å². The quantitative estimate of drug-likeness (QED) is 0.151. The van der Waals surface area contributed by atoms with Gasteiger partial charge in [-0.25, -0.2) is 0 Å². The highest BCUT2D eigenvalue weighted by atomic mass is 15.1. The lowest BCUT2D eigenvalue weighted by Gasteiger charge is -2.50. The van der Waals surface area contributed by atoms with Crippen molar-refractivity contribution in [1.82, 2.24) is 0 Å². The van der Waals surface area contributed by atoms with E-state index >= 15 is 0 Å². The minimum absolute atomic E-state index is 0.528. The zero-order valence-corrected chi connectivity index (χ0v) is 35.8. The fourth-order valence-electron chi connectivity index (χ4n) is 11.7. The molecule has 2 aliphatic rings. The van der Waals surface area contributed by atoms with Gasteiger partial charge in [0, 0.05) is 17.1 Å². The van der Waals surface area contributed by atoms with E-state index in [1.54, 1.807) is 0 Å². The summed E-state index contributed by atoms with van der Waals surface area (Å²) >= 11 is 0. The molecule has 11 aromatic rings. The minimum atomic E-state index is -0.541. The van der Waals surface area contributed by atoms with Crippen LogP contribution in [0.25, 0.3) is 43.8 Å². The summed E-state index contributed by atoms with van der Waals surface area (Å²) in [6.45, 7) is 0. The monoisotopic (exact) mass is 825 g/mol. The van der Waals surface area contributed by atoms with Crippen molar-refractivity contribution in [2.45, 2.75) is 10.8 Å². The average Bonchev–Trinajstić information content (AvgIpc) is 3.67. The van der Waals surface area contributed by atoms with Crippen LogP contribution in [0.1, 0.15) is 44.5 Å². The summed E-state index contributed by atoms with van der Waals surface area (Å²) in [6, 6.07) is 97.0. The fourth-order valence-corrected chi connectivity index (χ4v) is 11.7. The molecule has 0 saturated heterocycles. The zero-order valence-electron chi connectivity index (χ0n) is 35.8. The standard InChI is InChI=1S/C64H43N/c1-5-19-48(20-6-1)63(49-21-7-2-8-22-49)58-29-15-17-31-60(58)64(61-32-18-16-30-59(61)63)57-28-14-13-27-55(57)56-39-36-45(43-62(56)64)44-35-38-53-46(41-44)33-34-47-42-52(37-40-54(47)53)65(50-23-9-3-10-24-50)51-25-11-4-12-26-51/h1-43H. The molecular weight excluding hydrogens is 783 g/mol. The fraction of sp³-hybridized carbons (Fsp3) is 0.0312. The van der Waals surface area contributed by atoms with Crippen LogP contribution in [0.4, 0.5) is 17.1 Å². The van der Waals surface area contributed by atoms with Crippen molar-refractivity contribution in [1.29, 1.82) is 0 Å². The van der Waals surface area contributed by atoms with Gasteiger partial charge in [0.2, 0.25) is 0 Å². The lowest BCUT2D eigenvalue weighted by Crippen LogP contribution is -2.44. The van der Waals surface area contributed by atoms with E-state index in [2.05, 4.69) is 266 Å². The van der Waals surface area contributed by atoms with Gasteiger partial charge in [0.05, 0.1) is 10.8 Å². The maximum atomic E-state index is 2.51. The Morgan fingerprint density at radius 2 is 0.662 bits per heavy atom. The number of hydrogen-bond donors (Lipinski definition) is 0. The normalized spacial score (nSPS) is 13.8. The Balaban J connectivity index is 0.989. The van der Waals surface area contributed by atoms with E-state index in [1.165, 1.54) is 88.3 Å². The molecule has 0 fully saturated rings. The first-order chi connectivity index (χ1) is 32.2. The Morgan fingerprint density at radius 1 is 0.246 bits per heavy atom. The number of nitrogens with zero attached hydrogens (tertiary/aromatic N) is 1. The Labute approximate surface area is 380 Å². The molecule has 0 aliphatic heterocycles. The van der Waals surface area contributed by atoms with Gasteiger partial charge in [-0.15, -0.1) is 0 Å². The van der Waals surface area contributed by atoms with Crippen LogP contribution in [0.2, 0.25) is 0 Å². The highest BCUT2D eigenvalue weighted by molar-refractivity contribution is 6.09. The first-order valence-electron chi connectivity index (χ1n) is 22.7. The highest BCUT2D eigenvalue weighted by Crippen LogP contribution is 2.64. The molecule has 0 atom stereocenters. The Morgan fingerprint density at radius 3 is 1.23 bits per heavy atom. The summed E-state index contributed by atoms with van der Waals surface area (Å²) in [7, 11) is 0. The second-order valence-corrected chi connectivity index (χ2v) is 17.5. The van der Waals surface area contributed by atoms with Gasteiger partial charge in [-0.3, -0.25) is 0 Å². The van der Waals surface area contributed by atoms with Gasteiger partial charge in [0.25, 0.3) is 0 Å². The lowest BCUT2D eigenvalue weighted by atomic mass is 9.51. The van der Waals surface area contributed by atoms with Crippen LogP contribution in [0.3, 0.4) is 0 Å². The van der Waals surface area contributed by atoms with E-state index in [4.69, 9.17) is 0 Å². The lowest BCUT2D eigenvalue weighted by molar-refractivity contribution is 0.624. The van der Waals surface area contributed by atoms with Crippen molar-refractivity contribution >= 4 is 38.6 Å². The van der Waals surface area contributed by atoms with Crippen LogP contribution in [0, 0.1) is 0 Å². The van der Waals surface area contributed by atoms with Gasteiger partial charge in [0.1, 0.15) is 0 Å². The third-order valence-electron chi connectivity index (χ3n) is 14.4. The van der Waals surface area contributed by atoms with Crippen molar-refractivity contribution in [3.63, 3.8) is 0 Å². The molecule has 0 bridgehead atoms. The molecular formula is C64H43N. The first kappa shape index (κ1) is 37.3. The largest absolute Gasteiger partial charge is 0.310 e. The van der Waals surface area contributed by atoms with Crippen LogP contribution in [0.5, 0.6) is 0 Å². The summed E-state index contributed by atoms with van der Waals surface area (Å²) in [6.07, 6.45) is 0. The third kappa shape index (κ3) is 5.39. The number of para-hydroxylation sites is 2. The number of fused-ring (bicyclic) bond motifs is 12. The molecule has 0 saturated carbocycles. The first-order valence-corrected chi connectivity index (χ1v) is 22.7. The highest BCUT2D eigenvalue weighted by Gasteiger charge is 2.56. The van der Waals surface area contributed by atoms with Crippen molar-refractivity contribution < 1.29 is 0 Å². The molecule has 0 aromatic heterocycles. The molecule has 0 heterocycles. The van der Waals surface area contributed by atoms with Crippen molar-refractivity contribution in [3.8, 4) is 22.3 Å². The molecule has 0 N–H and O–H groups in total. The van der Waals surface area contributed by atoms with Gasteiger partial charge in [-0.2, -0.15) is 0 Å². The molecule has 1 heteroatoms. The van der Waals surface area contributed by atoms with Crippen LogP contribution < -0.4 is 4.90 Å². The Hall–Kier alpha value is -8.26. The number of benzene rings is 11. The van der Waals surface area contributed by atoms with Crippen LogP contribution in [-0.4, -0.2) is 0 Å². The van der Waals surface area contributed by atoms with Crippen molar-refractivity contribution in [2.75, 3.05) is 4.90 Å². The Bertz CT molecular complexity index is 3460. The summed E-state index contributed by atoms with van der Waals surface area (Å²) in [5.74, 6) is 0. The van der Waals surface area contributed by atoms with E-state index < -0.39 is 10.8 Å². The maximum absolute atomic E-state index is 2.51. The summed E-state index contributed by atoms with van der Waals surface area (Å²) < 4.78 is 0. The molecule has 0 radical (unpaired) electrons. The van der Waals surface area contributed by atoms with Crippen molar-refractivity contribution in [2.24, 2.45) is 0 Å². The molecule has 1 spiro atoms.